The van der Waals surface area contributed by atoms with Gasteiger partial charge >= 0.3 is 0 Å². The molecule has 0 unspecified atom stereocenters. The minimum atomic E-state index is -0.567. The van der Waals surface area contributed by atoms with E-state index in [-0.39, 0.29) is 18.1 Å². The first-order valence-corrected chi connectivity index (χ1v) is 10.9. The van der Waals surface area contributed by atoms with Crippen molar-refractivity contribution in [3.05, 3.63) is 71.8 Å². The summed E-state index contributed by atoms with van der Waals surface area (Å²) >= 11 is 0. The second kappa shape index (κ2) is 11.1. The highest BCUT2D eigenvalue weighted by Crippen LogP contribution is 2.29. The van der Waals surface area contributed by atoms with Crippen LogP contribution in [0.3, 0.4) is 0 Å². The highest BCUT2D eigenvalue weighted by atomic mass is 16.5. The minimum Gasteiger partial charge on any atom is -0.391 e. The van der Waals surface area contributed by atoms with Crippen molar-refractivity contribution in [2.24, 2.45) is 0 Å². The number of rotatable bonds is 11. The monoisotopic (exact) mass is 395 g/mol. The quantitative estimate of drug-likeness (QED) is 0.561. The van der Waals surface area contributed by atoms with E-state index in [0.29, 0.717) is 26.0 Å². The van der Waals surface area contributed by atoms with Crippen molar-refractivity contribution in [1.82, 2.24) is 4.90 Å². The minimum absolute atomic E-state index is 0.0597. The third kappa shape index (κ3) is 6.15. The lowest BCUT2D eigenvalue weighted by molar-refractivity contribution is -0.131. The molecule has 2 aromatic carbocycles. The molecule has 29 heavy (non-hydrogen) atoms. The standard InChI is InChI=1S/C25H33NO3/c1-2-3-4-11-16-22(27)25-23(29-19-21-14-9-6-10-15-21)17-24(28)26(25)18-20-12-7-5-8-13-20/h5-10,12-15,22-23,25,27H,2-4,11,16-19H2,1H3/t22-,23-,25+/m0/s1. The predicted molar refractivity (Wildman–Crippen MR) is 115 cm³/mol. The van der Waals surface area contributed by atoms with E-state index < -0.39 is 6.10 Å². The van der Waals surface area contributed by atoms with Crippen molar-refractivity contribution in [3.63, 3.8) is 0 Å². The molecule has 3 atom stereocenters. The molecular formula is C25H33NO3. The van der Waals surface area contributed by atoms with Crippen LogP contribution in [-0.2, 0) is 22.7 Å². The number of ether oxygens (including phenoxy) is 1. The average molecular weight is 396 g/mol. The summed E-state index contributed by atoms with van der Waals surface area (Å²) in [6.45, 7) is 3.15. The Kier molecular flexibility index (Phi) is 8.26. The Bertz CT molecular complexity index is 734. The first-order chi connectivity index (χ1) is 14.2. The summed E-state index contributed by atoms with van der Waals surface area (Å²) in [5, 5.41) is 11.0. The summed E-state index contributed by atoms with van der Waals surface area (Å²) < 4.78 is 6.17. The summed E-state index contributed by atoms with van der Waals surface area (Å²) in [4.78, 5) is 14.7. The van der Waals surface area contributed by atoms with Gasteiger partial charge in [0.2, 0.25) is 5.91 Å². The molecule has 3 rings (SSSR count). The number of hydrogen-bond acceptors (Lipinski definition) is 3. The molecule has 0 radical (unpaired) electrons. The highest BCUT2D eigenvalue weighted by Gasteiger charge is 2.44. The third-order valence-electron chi connectivity index (χ3n) is 5.69. The number of carbonyl (C=O) groups is 1. The summed E-state index contributed by atoms with van der Waals surface area (Å²) in [5.74, 6) is 0.0597. The molecule has 1 amide bonds. The number of aliphatic hydroxyl groups is 1. The Hall–Kier alpha value is -2.17. The lowest BCUT2D eigenvalue weighted by atomic mass is 9.99. The normalized spacial score (nSPS) is 20.2. The SMILES string of the molecule is CCCCCC[C@H](O)[C@@H]1[C@@H](OCc2ccccc2)CC(=O)N1Cc1ccccc1. The van der Waals surface area contributed by atoms with Gasteiger partial charge in [-0.1, -0.05) is 93.3 Å². The summed E-state index contributed by atoms with van der Waals surface area (Å²) in [7, 11) is 0. The largest absolute Gasteiger partial charge is 0.391 e. The first kappa shape index (κ1) is 21.5. The fourth-order valence-electron chi connectivity index (χ4n) is 4.09. The van der Waals surface area contributed by atoms with Gasteiger partial charge in [0.05, 0.1) is 31.3 Å². The van der Waals surface area contributed by atoms with Crippen LogP contribution in [0.1, 0.15) is 56.6 Å². The second-order valence-electron chi connectivity index (χ2n) is 7.95. The molecule has 1 aliphatic heterocycles. The summed E-state index contributed by atoms with van der Waals surface area (Å²) in [6, 6.07) is 19.7. The van der Waals surface area contributed by atoms with Gasteiger partial charge in [0.1, 0.15) is 0 Å². The van der Waals surface area contributed by atoms with Crippen LogP contribution in [0.2, 0.25) is 0 Å². The van der Waals surface area contributed by atoms with Gasteiger partial charge in [0, 0.05) is 6.54 Å². The number of carbonyl (C=O) groups excluding carboxylic acids is 1. The Labute approximate surface area is 174 Å². The molecule has 1 saturated heterocycles. The van der Waals surface area contributed by atoms with Gasteiger partial charge in [0.25, 0.3) is 0 Å². The summed E-state index contributed by atoms with van der Waals surface area (Å²) in [5.41, 5.74) is 2.16. The number of aliphatic hydroxyl groups excluding tert-OH is 1. The predicted octanol–water partition coefficient (Wildman–Crippen LogP) is 4.70. The van der Waals surface area contributed by atoms with Crippen LogP contribution in [-0.4, -0.2) is 34.2 Å². The molecule has 1 aliphatic rings. The topological polar surface area (TPSA) is 49.8 Å². The van der Waals surface area contributed by atoms with E-state index in [0.717, 1.165) is 24.0 Å². The van der Waals surface area contributed by atoms with E-state index in [9.17, 15) is 9.90 Å². The van der Waals surface area contributed by atoms with Gasteiger partial charge in [-0.3, -0.25) is 4.79 Å². The van der Waals surface area contributed by atoms with Crippen LogP contribution >= 0.6 is 0 Å². The molecule has 156 valence electrons. The Morgan fingerprint density at radius 2 is 1.66 bits per heavy atom. The van der Waals surface area contributed by atoms with Gasteiger partial charge in [-0.05, 0) is 17.5 Å². The maximum absolute atomic E-state index is 12.8. The van der Waals surface area contributed by atoms with Crippen LogP contribution in [0.4, 0.5) is 0 Å². The van der Waals surface area contributed by atoms with Crippen LogP contribution < -0.4 is 0 Å². The molecule has 1 N–H and O–H groups in total. The molecule has 1 fully saturated rings. The van der Waals surface area contributed by atoms with Gasteiger partial charge in [-0.15, -0.1) is 0 Å². The number of unbranched alkanes of at least 4 members (excludes halogenated alkanes) is 3. The fourth-order valence-corrected chi connectivity index (χ4v) is 4.09. The zero-order valence-electron chi connectivity index (χ0n) is 17.4. The highest BCUT2D eigenvalue weighted by molar-refractivity contribution is 5.80. The van der Waals surface area contributed by atoms with Crippen molar-refractivity contribution in [1.29, 1.82) is 0 Å². The van der Waals surface area contributed by atoms with E-state index in [1.54, 1.807) is 0 Å². The van der Waals surface area contributed by atoms with Crippen LogP contribution in [0.15, 0.2) is 60.7 Å². The van der Waals surface area contributed by atoms with Crippen molar-refractivity contribution in [2.75, 3.05) is 0 Å². The third-order valence-corrected chi connectivity index (χ3v) is 5.69. The number of likely N-dealkylation sites (tertiary alicyclic amines) is 1. The Balaban J connectivity index is 1.70. The molecule has 0 aliphatic carbocycles. The maximum atomic E-state index is 12.8. The molecule has 0 aromatic heterocycles. The van der Waals surface area contributed by atoms with Crippen LogP contribution in [0.5, 0.6) is 0 Å². The van der Waals surface area contributed by atoms with Crippen LogP contribution in [0.25, 0.3) is 0 Å². The molecule has 1 heterocycles. The van der Waals surface area contributed by atoms with Crippen molar-refractivity contribution in [3.8, 4) is 0 Å². The van der Waals surface area contributed by atoms with Crippen molar-refractivity contribution >= 4 is 5.91 Å². The number of benzene rings is 2. The molecule has 0 saturated carbocycles. The summed E-state index contributed by atoms with van der Waals surface area (Å²) in [6.07, 6.45) is 4.62. The van der Waals surface area contributed by atoms with Gasteiger partial charge in [-0.25, -0.2) is 0 Å². The smallest absolute Gasteiger partial charge is 0.226 e. The zero-order chi connectivity index (χ0) is 20.5. The van der Waals surface area contributed by atoms with E-state index in [1.807, 2.05) is 65.6 Å². The number of nitrogens with zero attached hydrogens (tertiary/aromatic N) is 1. The number of hydrogen-bond donors (Lipinski definition) is 1. The second-order valence-corrected chi connectivity index (χ2v) is 7.95. The fraction of sp³-hybridized carbons (Fsp3) is 0.480. The van der Waals surface area contributed by atoms with E-state index in [2.05, 4.69) is 6.92 Å². The lowest BCUT2D eigenvalue weighted by Crippen LogP contribution is -2.46. The van der Waals surface area contributed by atoms with E-state index in [1.165, 1.54) is 12.8 Å². The van der Waals surface area contributed by atoms with Crippen molar-refractivity contribution < 1.29 is 14.6 Å². The maximum Gasteiger partial charge on any atom is 0.226 e. The molecule has 4 nitrogen and oxygen atoms in total. The number of amides is 1. The van der Waals surface area contributed by atoms with Crippen molar-refractivity contribution in [2.45, 2.75) is 76.9 Å². The molecule has 0 bridgehead atoms. The lowest BCUT2D eigenvalue weighted by Gasteiger charge is -2.32. The molecule has 0 spiro atoms. The van der Waals surface area contributed by atoms with Gasteiger partial charge < -0.3 is 14.7 Å². The van der Waals surface area contributed by atoms with E-state index >= 15 is 0 Å². The van der Waals surface area contributed by atoms with Gasteiger partial charge in [0.15, 0.2) is 0 Å². The average Bonchev–Trinajstić information content (AvgIpc) is 3.06. The molecule has 2 aromatic rings. The molecule has 4 heteroatoms. The van der Waals surface area contributed by atoms with E-state index in [4.69, 9.17) is 4.74 Å². The van der Waals surface area contributed by atoms with Crippen LogP contribution in [0, 0.1) is 0 Å². The Morgan fingerprint density at radius 3 is 2.31 bits per heavy atom. The van der Waals surface area contributed by atoms with Gasteiger partial charge in [-0.2, -0.15) is 0 Å². The zero-order valence-corrected chi connectivity index (χ0v) is 17.4. The molecular weight excluding hydrogens is 362 g/mol. The first-order valence-electron chi connectivity index (χ1n) is 10.9. The Morgan fingerprint density at radius 1 is 1.00 bits per heavy atom.